The van der Waals surface area contributed by atoms with E-state index < -0.39 is 16.8 Å². The minimum atomic E-state index is -0.627. The molecule has 2 spiro atoms. The first-order valence-electron chi connectivity index (χ1n) is 13.9. The Hall–Kier alpha value is -1.58. The number of carbonyl (C=O) groups excluding carboxylic acids is 1. The monoisotopic (exact) mass is 464 g/mol. The summed E-state index contributed by atoms with van der Waals surface area (Å²) in [5, 5.41) is 10.1. The lowest BCUT2D eigenvalue weighted by Gasteiger charge is -2.44. The number of carboxylic acid groups (broad SMARTS) is 1. The highest BCUT2D eigenvalue weighted by Crippen LogP contribution is 2.81. The van der Waals surface area contributed by atoms with Crippen LogP contribution in [-0.2, 0) is 14.3 Å². The Morgan fingerprint density at radius 1 is 1.06 bits per heavy atom. The summed E-state index contributed by atoms with van der Waals surface area (Å²) in [5.41, 5.74) is 4.79. The zero-order chi connectivity index (χ0) is 23.9. The van der Waals surface area contributed by atoms with Gasteiger partial charge in [0.15, 0.2) is 0 Å². The molecule has 0 aromatic heterocycles. The molecule has 4 saturated carbocycles. The molecule has 0 amide bonds. The maximum atomic E-state index is 14.0. The van der Waals surface area contributed by atoms with E-state index in [-0.39, 0.29) is 41.2 Å². The summed E-state index contributed by atoms with van der Waals surface area (Å²) in [6.45, 7) is 11.3. The van der Waals surface area contributed by atoms with E-state index in [1.807, 2.05) is 6.92 Å². The normalized spacial score (nSPS) is 54.9. The van der Waals surface area contributed by atoms with Crippen molar-refractivity contribution in [3.8, 4) is 0 Å². The highest BCUT2D eigenvalue weighted by atomic mass is 16.6. The van der Waals surface area contributed by atoms with Gasteiger partial charge >= 0.3 is 11.9 Å². The van der Waals surface area contributed by atoms with E-state index in [1.54, 1.807) is 0 Å². The Morgan fingerprint density at radius 3 is 2.53 bits per heavy atom. The van der Waals surface area contributed by atoms with E-state index in [9.17, 15) is 14.7 Å². The predicted molar refractivity (Wildman–Crippen MR) is 129 cm³/mol. The number of ether oxygens (including phenoxy) is 1. The molecule has 4 heteroatoms. The molecular weight excluding hydrogens is 424 g/mol. The van der Waals surface area contributed by atoms with Gasteiger partial charge in [0.1, 0.15) is 6.10 Å². The fourth-order valence-electron chi connectivity index (χ4n) is 11.1. The summed E-state index contributed by atoms with van der Waals surface area (Å²) in [7, 11) is 0. The van der Waals surface area contributed by atoms with Crippen molar-refractivity contribution in [2.45, 2.75) is 92.1 Å². The van der Waals surface area contributed by atoms with Crippen LogP contribution in [0.15, 0.2) is 22.3 Å². The van der Waals surface area contributed by atoms with Crippen LogP contribution in [0.2, 0.25) is 0 Å². The number of allylic oxidation sites excluding steroid dienone is 3. The Morgan fingerprint density at radius 2 is 1.79 bits per heavy atom. The fraction of sp³-hybridized carbons (Fsp3) is 0.800. The Kier molecular flexibility index (Phi) is 4.08. The standard InChI is InChI=1S/C30H40O4/c1-14-7-10-20-25(22-15(2)6-9-18(14)22)34-27(33)30(20)13-29-12-21(30)17(4)23(29)24-19(11-8-16(29)3)28(24,5)26(31)32/h14,16,18-21,24-25H,6-13H2,1-5H3,(H,31,32)/t14-,16-,18-,19-,20-,21-,24-,25-,28-,29-,30-/m0/s1. The van der Waals surface area contributed by atoms with Gasteiger partial charge in [0.25, 0.3) is 0 Å². The summed E-state index contributed by atoms with van der Waals surface area (Å²) in [6, 6.07) is 0. The summed E-state index contributed by atoms with van der Waals surface area (Å²) < 4.78 is 6.46. The lowest BCUT2D eigenvalue weighted by atomic mass is 9.57. The molecular formula is C30H40O4. The van der Waals surface area contributed by atoms with Gasteiger partial charge in [-0.2, -0.15) is 0 Å². The number of carbonyl (C=O) groups is 2. The molecule has 0 aromatic carbocycles. The van der Waals surface area contributed by atoms with Crippen LogP contribution in [0.25, 0.3) is 0 Å². The highest BCUT2D eigenvalue weighted by Gasteiger charge is 2.79. The fourth-order valence-corrected chi connectivity index (χ4v) is 11.1. The number of fused-ring (bicyclic) bond motifs is 8. The van der Waals surface area contributed by atoms with Crippen molar-refractivity contribution in [1.29, 1.82) is 0 Å². The molecule has 5 fully saturated rings. The number of rotatable bonds is 1. The highest BCUT2D eigenvalue weighted by molar-refractivity contribution is 5.84. The third kappa shape index (κ3) is 2.16. The van der Waals surface area contributed by atoms with Crippen LogP contribution in [0.4, 0.5) is 0 Å². The van der Waals surface area contributed by atoms with Crippen molar-refractivity contribution in [2.75, 3.05) is 0 Å². The van der Waals surface area contributed by atoms with Gasteiger partial charge < -0.3 is 9.84 Å². The molecule has 0 radical (unpaired) electrons. The Bertz CT molecular complexity index is 1080. The molecule has 184 valence electrons. The average molecular weight is 465 g/mol. The largest absolute Gasteiger partial charge is 0.481 e. The van der Waals surface area contributed by atoms with Gasteiger partial charge in [0.05, 0.1) is 10.8 Å². The third-order valence-corrected chi connectivity index (χ3v) is 12.9. The van der Waals surface area contributed by atoms with Gasteiger partial charge in [-0.1, -0.05) is 30.6 Å². The molecule has 1 saturated heterocycles. The van der Waals surface area contributed by atoms with Gasteiger partial charge in [-0.15, -0.1) is 0 Å². The summed E-state index contributed by atoms with van der Waals surface area (Å²) in [5.74, 6) is 2.16. The van der Waals surface area contributed by atoms with Crippen molar-refractivity contribution in [2.24, 2.45) is 57.7 Å². The van der Waals surface area contributed by atoms with Gasteiger partial charge in [-0.05, 0) is 113 Å². The molecule has 11 atom stereocenters. The second-order valence-corrected chi connectivity index (χ2v) is 13.7. The molecule has 0 aromatic rings. The number of hydrogen-bond donors (Lipinski definition) is 1. The third-order valence-electron chi connectivity index (χ3n) is 12.9. The van der Waals surface area contributed by atoms with Gasteiger partial charge in [-0.25, -0.2) is 0 Å². The molecule has 0 unspecified atom stereocenters. The minimum Gasteiger partial charge on any atom is -0.481 e. The molecule has 7 aliphatic rings. The predicted octanol–water partition coefficient (Wildman–Crippen LogP) is 6.16. The van der Waals surface area contributed by atoms with Crippen LogP contribution in [0.1, 0.15) is 86.0 Å². The molecule has 34 heavy (non-hydrogen) atoms. The molecule has 6 aliphatic carbocycles. The Labute approximate surface area is 203 Å². The number of aliphatic carboxylic acids is 1. The Balaban J connectivity index is 1.36. The van der Waals surface area contributed by atoms with Crippen molar-refractivity contribution in [3.05, 3.63) is 22.3 Å². The zero-order valence-electron chi connectivity index (χ0n) is 21.4. The van der Waals surface area contributed by atoms with Crippen LogP contribution >= 0.6 is 0 Å². The topological polar surface area (TPSA) is 63.6 Å². The van der Waals surface area contributed by atoms with Crippen LogP contribution in [0.5, 0.6) is 0 Å². The van der Waals surface area contributed by atoms with E-state index >= 15 is 0 Å². The number of hydrogen-bond acceptors (Lipinski definition) is 3. The van der Waals surface area contributed by atoms with E-state index in [2.05, 4.69) is 27.7 Å². The SMILES string of the molecule is CC1=C2[C@@H](CC1)[C@@H](C)CC[C@H]1[C@@H]2OC(=O)[C@@]12C[C@]13C[C@H]2C(C)=C1[C@@H]1[C@H](CC[C@@H]3C)[C@]1(C)C(=O)O. The van der Waals surface area contributed by atoms with E-state index in [1.165, 1.54) is 35.1 Å². The lowest BCUT2D eigenvalue weighted by Crippen LogP contribution is -2.43. The minimum absolute atomic E-state index is 0.00822. The van der Waals surface area contributed by atoms with Crippen molar-refractivity contribution in [1.82, 2.24) is 0 Å². The first-order chi connectivity index (χ1) is 16.1. The summed E-state index contributed by atoms with van der Waals surface area (Å²) in [4.78, 5) is 26.4. The van der Waals surface area contributed by atoms with E-state index in [0.29, 0.717) is 17.8 Å². The molecule has 2 bridgehead atoms. The van der Waals surface area contributed by atoms with E-state index in [4.69, 9.17) is 4.74 Å². The van der Waals surface area contributed by atoms with Crippen molar-refractivity contribution < 1.29 is 19.4 Å². The molecule has 4 nitrogen and oxygen atoms in total. The van der Waals surface area contributed by atoms with Gasteiger partial charge in [-0.3, -0.25) is 9.59 Å². The van der Waals surface area contributed by atoms with Crippen LogP contribution in [0, 0.1) is 57.7 Å². The molecule has 1 aliphatic heterocycles. The maximum Gasteiger partial charge on any atom is 0.313 e. The number of carboxylic acids is 1. The second kappa shape index (κ2) is 6.40. The molecule has 7 rings (SSSR count). The molecule has 1 N–H and O–H groups in total. The van der Waals surface area contributed by atoms with Gasteiger partial charge in [0.2, 0.25) is 0 Å². The quantitative estimate of drug-likeness (QED) is 0.373. The lowest BCUT2D eigenvalue weighted by molar-refractivity contribution is -0.150. The summed E-state index contributed by atoms with van der Waals surface area (Å²) >= 11 is 0. The van der Waals surface area contributed by atoms with Crippen molar-refractivity contribution in [3.63, 3.8) is 0 Å². The average Bonchev–Trinajstić information content (AvgIpc) is 3.09. The van der Waals surface area contributed by atoms with Crippen LogP contribution in [-0.4, -0.2) is 23.1 Å². The molecule has 1 heterocycles. The smallest absolute Gasteiger partial charge is 0.313 e. The van der Waals surface area contributed by atoms with Gasteiger partial charge in [0, 0.05) is 11.8 Å². The van der Waals surface area contributed by atoms with Crippen LogP contribution in [0.3, 0.4) is 0 Å². The first-order valence-corrected chi connectivity index (χ1v) is 13.9. The number of esters is 1. The maximum absolute atomic E-state index is 14.0. The summed E-state index contributed by atoms with van der Waals surface area (Å²) in [6.07, 6.45) is 8.68. The first kappa shape index (κ1) is 21.7. The second-order valence-electron chi connectivity index (χ2n) is 13.7. The zero-order valence-corrected chi connectivity index (χ0v) is 21.4. The van der Waals surface area contributed by atoms with Crippen molar-refractivity contribution >= 4 is 11.9 Å². The van der Waals surface area contributed by atoms with Crippen LogP contribution < -0.4 is 0 Å². The van der Waals surface area contributed by atoms with E-state index in [0.717, 1.165) is 38.5 Å².